The molecule has 3 nitrogen and oxygen atoms in total. The summed E-state index contributed by atoms with van der Waals surface area (Å²) in [5.41, 5.74) is 5.00. The fourth-order valence-corrected chi connectivity index (χ4v) is 1.06. The first kappa shape index (κ1) is 8.04. The number of nitrogen functional groups attached to an aromatic ring is 1. The lowest BCUT2D eigenvalue weighted by molar-refractivity contribution is 0.214. The molecule has 11 heavy (non-hydrogen) atoms. The maximum atomic E-state index is 13.3. The number of rotatable bonds is 1. The maximum absolute atomic E-state index is 13.3. The Balaban J connectivity index is 3.13. The number of aromatic amines is 1. The minimum absolute atomic E-state index is 0.267. The van der Waals surface area contributed by atoms with E-state index in [1.165, 1.54) is 13.8 Å². The molecule has 0 aromatic carbocycles. The summed E-state index contributed by atoms with van der Waals surface area (Å²) in [5.74, 6) is 0.267. The van der Waals surface area contributed by atoms with Gasteiger partial charge in [-0.15, -0.1) is 0 Å². The molecule has 1 aromatic rings. The molecule has 1 rings (SSSR count). The fourth-order valence-electron chi connectivity index (χ4n) is 1.06. The lowest BCUT2D eigenvalue weighted by Crippen LogP contribution is -2.11. The Hall–Kier alpha value is -1.06. The van der Waals surface area contributed by atoms with Crippen LogP contribution in [0.15, 0.2) is 0 Å². The molecule has 0 unspecified atom stereocenters. The zero-order chi connectivity index (χ0) is 8.65. The van der Waals surface area contributed by atoms with Gasteiger partial charge in [0.2, 0.25) is 0 Å². The Morgan fingerprint density at radius 3 is 2.27 bits per heavy atom. The second-order valence-electron chi connectivity index (χ2n) is 3.07. The topological polar surface area (TPSA) is 54.7 Å². The minimum Gasteiger partial charge on any atom is -0.369 e. The van der Waals surface area contributed by atoms with E-state index in [4.69, 9.17) is 5.73 Å². The van der Waals surface area contributed by atoms with Crippen molar-refractivity contribution >= 4 is 5.95 Å². The fraction of sp³-hybridized carbons (Fsp3) is 0.571. The number of hydrogen-bond donors (Lipinski definition) is 2. The SMILES string of the molecule is Cc1[nH]c(N)nc1C(C)(C)F. The van der Waals surface area contributed by atoms with Crippen LogP contribution >= 0.6 is 0 Å². The average Bonchev–Trinajstić information content (AvgIpc) is 2.08. The lowest BCUT2D eigenvalue weighted by Gasteiger charge is -2.10. The van der Waals surface area contributed by atoms with Gasteiger partial charge >= 0.3 is 0 Å². The molecular formula is C7H12FN3. The van der Waals surface area contributed by atoms with Crippen molar-refractivity contribution < 1.29 is 4.39 Å². The van der Waals surface area contributed by atoms with Gasteiger partial charge in [-0.1, -0.05) is 0 Å². The molecule has 0 aliphatic heterocycles. The highest BCUT2D eigenvalue weighted by Crippen LogP contribution is 2.25. The molecule has 0 spiro atoms. The molecule has 0 saturated carbocycles. The highest BCUT2D eigenvalue weighted by Gasteiger charge is 2.24. The number of hydrogen-bond acceptors (Lipinski definition) is 2. The van der Waals surface area contributed by atoms with Crippen molar-refractivity contribution in [1.82, 2.24) is 9.97 Å². The Bertz CT molecular complexity index is 259. The zero-order valence-corrected chi connectivity index (χ0v) is 6.90. The molecule has 0 aliphatic carbocycles. The van der Waals surface area contributed by atoms with Crippen molar-refractivity contribution in [1.29, 1.82) is 0 Å². The van der Waals surface area contributed by atoms with Crippen LogP contribution in [-0.4, -0.2) is 9.97 Å². The first-order valence-electron chi connectivity index (χ1n) is 3.42. The predicted molar refractivity (Wildman–Crippen MR) is 41.9 cm³/mol. The van der Waals surface area contributed by atoms with Crippen molar-refractivity contribution in [2.24, 2.45) is 0 Å². The zero-order valence-electron chi connectivity index (χ0n) is 6.90. The van der Waals surface area contributed by atoms with E-state index in [-0.39, 0.29) is 5.95 Å². The number of halogens is 1. The summed E-state index contributed by atoms with van der Waals surface area (Å²) in [6.07, 6.45) is 0. The first-order chi connectivity index (χ1) is 4.91. The third-order valence-electron chi connectivity index (χ3n) is 1.47. The largest absolute Gasteiger partial charge is 0.369 e. The van der Waals surface area contributed by atoms with E-state index in [0.29, 0.717) is 11.4 Å². The number of imidazole rings is 1. The van der Waals surface area contributed by atoms with E-state index in [9.17, 15) is 4.39 Å². The van der Waals surface area contributed by atoms with Crippen LogP contribution in [0.1, 0.15) is 25.2 Å². The molecular weight excluding hydrogens is 145 g/mol. The number of nitrogens with one attached hydrogen (secondary N) is 1. The minimum atomic E-state index is -1.42. The van der Waals surface area contributed by atoms with Gasteiger partial charge < -0.3 is 10.7 Å². The van der Waals surface area contributed by atoms with E-state index in [2.05, 4.69) is 9.97 Å². The Morgan fingerprint density at radius 1 is 1.55 bits per heavy atom. The molecule has 4 heteroatoms. The van der Waals surface area contributed by atoms with Crippen molar-refractivity contribution in [3.63, 3.8) is 0 Å². The van der Waals surface area contributed by atoms with Gasteiger partial charge in [0.15, 0.2) is 5.95 Å². The third kappa shape index (κ3) is 1.50. The number of aromatic nitrogens is 2. The molecule has 1 aromatic heterocycles. The van der Waals surface area contributed by atoms with Crippen LogP contribution in [0.2, 0.25) is 0 Å². The van der Waals surface area contributed by atoms with Crippen LogP contribution in [0.25, 0.3) is 0 Å². The molecule has 0 atom stereocenters. The highest BCUT2D eigenvalue weighted by atomic mass is 19.1. The van der Waals surface area contributed by atoms with E-state index in [1.54, 1.807) is 6.92 Å². The number of H-pyrrole nitrogens is 1. The average molecular weight is 157 g/mol. The van der Waals surface area contributed by atoms with Crippen LogP contribution in [-0.2, 0) is 5.67 Å². The first-order valence-corrected chi connectivity index (χ1v) is 3.42. The summed E-state index contributed by atoms with van der Waals surface area (Å²) in [7, 11) is 0. The van der Waals surface area contributed by atoms with Gasteiger partial charge in [-0.3, -0.25) is 0 Å². The number of nitrogens with zero attached hydrogens (tertiary/aromatic N) is 1. The van der Waals surface area contributed by atoms with E-state index < -0.39 is 5.67 Å². The van der Waals surface area contributed by atoms with Crippen molar-refractivity contribution in [2.75, 3.05) is 5.73 Å². The molecule has 1 heterocycles. The van der Waals surface area contributed by atoms with Gasteiger partial charge in [-0.25, -0.2) is 9.37 Å². The van der Waals surface area contributed by atoms with Gasteiger partial charge in [0, 0.05) is 5.69 Å². The van der Waals surface area contributed by atoms with Crippen LogP contribution in [0.4, 0.5) is 10.3 Å². The summed E-state index contributed by atoms with van der Waals surface area (Å²) in [6, 6.07) is 0. The quantitative estimate of drug-likeness (QED) is 0.649. The molecule has 0 fully saturated rings. The monoisotopic (exact) mass is 157 g/mol. The van der Waals surface area contributed by atoms with Crippen molar-refractivity contribution in [3.05, 3.63) is 11.4 Å². The second kappa shape index (κ2) is 2.22. The predicted octanol–water partition coefficient (Wildman–Crippen LogP) is 1.50. The molecule has 0 bridgehead atoms. The molecule has 3 N–H and O–H groups in total. The normalized spacial score (nSPS) is 12.0. The van der Waals surface area contributed by atoms with Gasteiger partial charge in [0.25, 0.3) is 0 Å². The van der Waals surface area contributed by atoms with Crippen molar-refractivity contribution in [3.8, 4) is 0 Å². The number of anilines is 1. The van der Waals surface area contributed by atoms with Crippen LogP contribution in [0.5, 0.6) is 0 Å². The summed E-state index contributed by atoms with van der Waals surface area (Å²) in [4.78, 5) is 6.57. The summed E-state index contributed by atoms with van der Waals surface area (Å²) in [6.45, 7) is 4.66. The summed E-state index contributed by atoms with van der Waals surface area (Å²) < 4.78 is 13.3. The molecule has 0 radical (unpaired) electrons. The molecule has 0 saturated heterocycles. The Morgan fingerprint density at radius 2 is 2.09 bits per heavy atom. The second-order valence-corrected chi connectivity index (χ2v) is 3.07. The number of nitrogens with two attached hydrogens (primary N) is 1. The lowest BCUT2D eigenvalue weighted by atomic mass is 10.1. The third-order valence-corrected chi connectivity index (χ3v) is 1.47. The van der Waals surface area contributed by atoms with Gasteiger partial charge in [-0.2, -0.15) is 0 Å². The Labute approximate surface area is 64.8 Å². The molecule has 0 amide bonds. The smallest absolute Gasteiger partial charge is 0.198 e. The van der Waals surface area contributed by atoms with Gasteiger partial charge in [0.05, 0.1) is 5.69 Å². The van der Waals surface area contributed by atoms with Gasteiger partial charge in [-0.05, 0) is 20.8 Å². The number of alkyl halides is 1. The summed E-state index contributed by atoms with van der Waals surface area (Å²) in [5, 5.41) is 0. The Kier molecular flexibility index (Phi) is 1.62. The molecule has 0 aliphatic rings. The highest BCUT2D eigenvalue weighted by molar-refractivity contribution is 5.28. The molecule has 62 valence electrons. The van der Waals surface area contributed by atoms with E-state index >= 15 is 0 Å². The van der Waals surface area contributed by atoms with Crippen molar-refractivity contribution in [2.45, 2.75) is 26.4 Å². The maximum Gasteiger partial charge on any atom is 0.198 e. The van der Waals surface area contributed by atoms with Crippen LogP contribution in [0.3, 0.4) is 0 Å². The van der Waals surface area contributed by atoms with E-state index in [1.807, 2.05) is 0 Å². The van der Waals surface area contributed by atoms with Crippen LogP contribution in [0, 0.1) is 6.92 Å². The van der Waals surface area contributed by atoms with E-state index in [0.717, 1.165) is 0 Å². The van der Waals surface area contributed by atoms with Crippen LogP contribution < -0.4 is 5.73 Å². The standard InChI is InChI=1S/C7H12FN3/c1-4-5(7(2,3)8)11-6(9)10-4/h1-3H3,(H3,9,10,11). The summed E-state index contributed by atoms with van der Waals surface area (Å²) >= 11 is 0. The van der Waals surface area contributed by atoms with Gasteiger partial charge in [0.1, 0.15) is 5.67 Å². The number of aryl methyl sites for hydroxylation is 1.